The van der Waals surface area contributed by atoms with Gasteiger partial charge in [0.2, 0.25) is 0 Å². The molecule has 0 aliphatic carbocycles. The number of ether oxygens (including phenoxy) is 1. The van der Waals surface area contributed by atoms with Gasteiger partial charge in [-0.05, 0) is 30.5 Å². The van der Waals surface area contributed by atoms with Crippen LogP contribution in [0.5, 0.6) is 5.75 Å². The van der Waals surface area contributed by atoms with E-state index >= 15 is 0 Å². The fourth-order valence-electron chi connectivity index (χ4n) is 1.95. The Morgan fingerprint density at radius 3 is 2.78 bits per heavy atom. The van der Waals surface area contributed by atoms with Crippen molar-refractivity contribution in [3.63, 3.8) is 0 Å². The number of aliphatic hydroxyl groups is 1. The number of aromatic nitrogens is 3. The number of rotatable bonds is 5. The van der Waals surface area contributed by atoms with Crippen LogP contribution in [0.15, 0.2) is 30.7 Å². The average Bonchev–Trinajstić information content (AvgIpc) is 2.78. The second-order valence-corrected chi connectivity index (χ2v) is 4.13. The van der Waals surface area contributed by atoms with Crippen LogP contribution in [0.1, 0.15) is 23.8 Å². The molecule has 1 atom stereocenters. The van der Waals surface area contributed by atoms with Crippen molar-refractivity contribution >= 4 is 0 Å². The van der Waals surface area contributed by atoms with Gasteiger partial charge in [0, 0.05) is 19.4 Å². The zero-order valence-corrected chi connectivity index (χ0v) is 10.6. The van der Waals surface area contributed by atoms with Gasteiger partial charge in [0.1, 0.15) is 5.69 Å². The normalized spacial score (nSPS) is 12.4. The van der Waals surface area contributed by atoms with E-state index in [0.717, 1.165) is 12.0 Å². The molecule has 0 fully saturated rings. The van der Waals surface area contributed by atoms with Gasteiger partial charge >= 0.3 is 0 Å². The molecule has 0 saturated heterocycles. The third-order valence-corrected chi connectivity index (χ3v) is 2.94. The highest BCUT2D eigenvalue weighted by molar-refractivity contribution is 5.27. The lowest BCUT2D eigenvalue weighted by Gasteiger charge is -2.12. The summed E-state index contributed by atoms with van der Waals surface area (Å²) in [6.45, 7) is 0. The largest absolute Gasteiger partial charge is 0.493 e. The van der Waals surface area contributed by atoms with E-state index in [9.17, 15) is 5.11 Å². The molecule has 96 valence electrons. The van der Waals surface area contributed by atoms with Crippen LogP contribution in [0.25, 0.3) is 0 Å². The van der Waals surface area contributed by atoms with Crippen LogP contribution < -0.4 is 4.74 Å². The quantitative estimate of drug-likeness (QED) is 0.869. The summed E-state index contributed by atoms with van der Waals surface area (Å²) in [4.78, 5) is 3.97. The summed E-state index contributed by atoms with van der Waals surface area (Å²) in [6, 6.07) is 3.90. The van der Waals surface area contributed by atoms with Crippen LogP contribution in [-0.2, 0) is 13.5 Å². The molecule has 0 bridgehead atoms. The summed E-state index contributed by atoms with van der Waals surface area (Å²) in [5, 5.41) is 14.3. The minimum Gasteiger partial charge on any atom is -0.493 e. The Labute approximate surface area is 106 Å². The molecular weight excluding hydrogens is 230 g/mol. The van der Waals surface area contributed by atoms with Crippen LogP contribution in [0.3, 0.4) is 0 Å². The summed E-state index contributed by atoms with van der Waals surface area (Å²) in [6.07, 6.45) is 5.96. The van der Waals surface area contributed by atoms with E-state index in [2.05, 4.69) is 10.1 Å². The predicted molar refractivity (Wildman–Crippen MR) is 67.3 cm³/mol. The van der Waals surface area contributed by atoms with Crippen LogP contribution >= 0.6 is 0 Å². The third-order valence-electron chi connectivity index (χ3n) is 2.94. The average molecular weight is 247 g/mol. The first-order valence-corrected chi connectivity index (χ1v) is 5.85. The summed E-state index contributed by atoms with van der Waals surface area (Å²) in [7, 11) is 3.38. The van der Waals surface area contributed by atoms with Crippen LogP contribution in [0, 0.1) is 0 Å². The second kappa shape index (κ2) is 5.64. The molecule has 0 aromatic carbocycles. The lowest BCUT2D eigenvalue weighted by Crippen LogP contribution is -2.07. The first-order valence-electron chi connectivity index (χ1n) is 5.85. The predicted octanol–water partition coefficient (Wildman–Crippen LogP) is 1.49. The SMILES string of the molecule is COc1cnn(C)c1C(O)CCc1ccncc1. The van der Waals surface area contributed by atoms with Crippen molar-refractivity contribution in [3.05, 3.63) is 42.0 Å². The Morgan fingerprint density at radius 1 is 1.39 bits per heavy atom. The molecule has 2 heterocycles. The number of nitrogens with zero attached hydrogens (tertiary/aromatic N) is 3. The number of hydrogen-bond donors (Lipinski definition) is 1. The standard InChI is InChI=1S/C13H17N3O2/c1-16-13(12(18-2)9-15-16)11(17)4-3-10-5-7-14-8-6-10/h5-9,11,17H,3-4H2,1-2H3. The lowest BCUT2D eigenvalue weighted by molar-refractivity contribution is 0.154. The maximum atomic E-state index is 10.2. The Morgan fingerprint density at radius 2 is 2.11 bits per heavy atom. The van der Waals surface area contributed by atoms with Crippen molar-refractivity contribution in [1.29, 1.82) is 0 Å². The van der Waals surface area contributed by atoms with E-state index in [1.807, 2.05) is 12.1 Å². The molecule has 2 aromatic rings. The number of methoxy groups -OCH3 is 1. The number of aryl methyl sites for hydroxylation is 2. The first kappa shape index (κ1) is 12.6. The first-order chi connectivity index (χ1) is 8.72. The van der Waals surface area contributed by atoms with E-state index in [4.69, 9.17) is 4.74 Å². The zero-order chi connectivity index (χ0) is 13.0. The minimum atomic E-state index is -0.583. The molecule has 2 rings (SSSR count). The van der Waals surface area contributed by atoms with Gasteiger partial charge in [-0.1, -0.05) is 0 Å². The topological polar surface area (TPSA) is 60.2 Å². The molecule has 5 heteroatoms. The highest BCUT2D eigenvalue weighted by Gasteiger charge is 2.18. The molecule has 1 unspecified atom stereocenters. The molecule has 0 amide bonds. The van der Waals surface area contributed by atoms with Crippen LogP contribution in [0.2, 0.25) is 0 Å². The van der Waals surface area contributed by atoms with Gasteiger partial charge in [-0.2, -0.15) is 5.10 Å². The molecule has 0 saturated carbocycles. The molecule has 0 spiro atoms. The van der Waals surface area contributed by atoms with Crippen molar-refractivity contribution in [1.82, 2.24) is 14.8 Å². The van der Waals surface area contributed by atoms with Gasteiger partial charge in [-0.15, -0.1) is 0 Å². The van der Waals surface area contributed by atoms with Gasteiger partial charge in [0.15, 0.2) is 5.75 Å². The minimum absolute atomic E-state index is 0.583. The van der Waals surface area contributed by atoms with E-state index in [0.29, 0.717) is 17.9 Å². The van der Waals surface area contributed by atoms with Crippen molar-refractivity contribution in [2.75, 3.05) is 7.11 Å². The van der Waals surface area contributed by atoms with Crippen LogP contribution in [0.4, 0.5) is 0 Å². The van der Waals surface area contributed by atoms with Crippen LogP contribution in [-0.4, -0.2) is 27.0 Å². The van der Waals surface area contributed by atoms with Crippen molar-refractivity contribution in [3.8, 4) is 5.75 Å². The fourth-order valence-corrected chi connectivity index (χ4v) is 1.95. The highest BCUT2D eigenvalue weighted by atomic mass is 16.5. The van der Waals surface area contributed by atoms with Crippen molar-refractivity contribution < 1.29 is 9.84 Å². The van der Waals surface area contributed by atoms with Gasteiger partial charge in [-0.3, -0.25) is 9.67 Å². The molecule has 0 aliphatic heterocycles. The van der Waals surface area contributed by atoms with E-state index in [1.54, 1.807) is 37.4 Å². The number of pyridine rings is 1. The van der Waals surface area contributed by atoms with Gasteiger partial charge in [-0.25, -0.2) is 0 Å². The van der Waals surface area contributed by atoms with E-state index < -0.39 is 6.10 Å². The Hall–Kier alpha value is -1.88. The number of hydrogen-bond acceptors (Lipinski definition) is 4. The van der Waals surface area contributed by atoms with Gasteiger partial charge in [0.05, 0.1) is 19.4 Å². The summed E-state index contributed by atoms with van der Waals surface area (Å²) in [5.74, 6) is 0.625. The number of aliphatic hydroxyl groups excluding tert-OH is 1. The van der Waals surface area contributed by atoms with Gasteiger partial charge < -0.3 is 9.84 Å². The maximum absolute atomic E-state index is 10.2. The van der Waals surface area contributed by atoms with Gasteiger partial charge in [0.25, 0.3) is 0 Å². The van der Waals surface area contributed by atoms with Crippen molar-refractivity contribution in [2.24, 2.45) is 7.05 Å². The zero-order valence-electron chi connectivity index (χ0n) is 10.6. The summed E-state index contributed by atoms with van der Waals surface area (Å²) >= 11 is 0. The molecule has 0 radical (unpaired) electrons. The molecule has 2 aromatic heterocycles. The summed E-state index contributed by atoms with van der Waals surface area (Å²) in [5.41, 5.74) is 1.87. The molecule has 5 nitrogen and oxygen atoms in total. The second-order valence-electron chi connectivity index (χ2n) is 4.13. The Kier molecular flexibility index (Phi) is 3.94. The summed E-state index contributed by atoms with van der Waals surface area (Å²) < 4.78 is 6.83. The molecule has 0 aliphatic rings. The molecular formula is C13H17N3O2. The monoisotopic (exact) mass is 247 g/mol. The maximum Gasteiger partial charge on any atom is 0.162 e. The fraction of sp³-hybridized carbons (Fsp3) is 0.385. The molecule has 1 N–H and O–H groups in total. The Balaban J connectivity index is 2.03. The van der Waals surface area contributed by atoms with E-state index in [1.165, 1.54) is 0 Å². The van der Waals surface area contributed by atoms with Crippen molar-refractivity contribution in [2.45, 2.75) is 18.9 Å². The molecule has 18 heavy (non-hydrogen) atoms. The smallest absolute Gasteiger partial charge is 0.162 e. The lowest BCUT2D eigenvalue weighted by atomic mass is 10.1. The van der Waals surface area contributed by atoms with E-state index in [-0.39, 0.29) is 0 Å². The third kappa shape index (κ3) is 2.68. The Bertz CT molecular complexity index is 496. The highest BCUT2D eigenvalue weighted by Crippen LogP contribution is 2.27.